The fraction of sp³-hybridized carbons (Fsp3) is 0.909. The second-order valence-electron chi connectivity index (χ2n) is 4.88. The van der Waals surface area contributed by atoms with Crippen LogP contribution < -0.4 is 5.32 Å². The molecule has 0 saturated carbocycles. The van der Waals surface area contributed by atoms with Crippen molar-refractivity contribution < 1.29 is 13.2 Å². The minimum atomic E-state index is -3.25. The van der Waals surface area contributed by atoms with Crippen molar-refractivity contribution >= 4 is 27.5 Å². The number of halogens is 1. The second kappa shape index (κ2) is 5.75. The molecule has 0 radical (unpaired) electrons. The fourth-order valence-electron chi connectivity index (χ4n) is 2.75. The van der Waals surface area contributed by atoms with Crippen molar-refractivity contribution in [1.82, 2.24) is 9.62 Å². The highest BCUT2D eigenvalue weighted by atomic mass is 35.5. The summed E-state index contributed by atoms with van der Waals surface area (Å²) >= 11 is 5.56. The number of alkyl halides is 1. The number of carbonyl (C=O) groups is 1. The zero-order valence-electron chi connectivity index (χ0n) is 10.3. The van der Waals surface area contributed by atoms with Gasteiger partial charge in [0, 0.05) is 19.0 Å². The van der Waals surface area contributed by atoms with Gasteiger partial charge < -0.3 is 5.32 Å². The lowest BCUT2D eigenvalue weighted by atomic mass is 9.93. The molecule has 104 valence electrons. The Morgan fingerprint density at radius 1 is 1.39 bits per heavy atom. The molecule has 0 spiro atoms. The van der Waals surface area contributed by atoms with Gasteiger partial charge in [-0.25, -0.2) is 8.42 Å². The smallest absolute Gasteiger partial charge is 0.224 e. The lowest BCUT2D eigenvalue weighted by Gasteiger charge is -2.34. The molecule has 1 amide bonds. The Balaban J connectivity index is 2.05. The zero-order chi connectivity index (χ0) is 13.2. The lowest BCUT2D eigenvalue weighted by molar-refractivity contribution is -0.123. The first-order valence-corrected chi connectivity index (χ1v) is 8.54. The number of hydrogen-bond acceptors (Lipinski definition) is 3. The van der Waals surface area contributed by atoms with E-state index in [2.05, 4.69) is 5.32 Å². The van der Waals surface area contributed by atoms with Gasteiger partial charge in [0.25, 0.3) is 0 Å². The Hall–Kier alpha value is -0.330. The molecule has 2 fully saturated rings. The Morgan fingerprint density at radius 3 is 2.89 bits per heavy atom. The van der Waals surface area contributed by atoms with Crippen molar-refractivity contribution in [2.75, 3.05) is 24.7 Å². The molecular formula is C11H19ClN2O3S. The van der Waals surface area contributed by atoms with Gasteiger partial charge in [-0.2, -0.15) is 4.31 Å². The van der Waals surface area contributed by atoms with Gasteiger partial charge in [-0.15, -0.1) is 11.6 Å². The predicted molar refractivity (Wildman–Crippen MR) is 70.0 cm³/mol. The molecule has 2 aliphatic heterocycles. The SMILES string of the molecule is O=C1NCC2C1CCCN2S(=O)(=O)CCCCCl. The normalized spacial score (nSPS) is 29.1. The number of piperidine rings is 1. The van der Waals surface area contributed by atoms with E-state index in [1.165, 1.54) is 4.31 Å². The minimum absolute atomic E-state index is 0.000609. The van der Waals surface area contributed by atoms with Crippen LogP contribution in [0.15, 0.2) is 0 Å². The number of carbonyl (C=O) groups excluding carboxylic acids is 1. The van der Waals surface area contributed by atoms with Crippen molar-refractivity contribution in [3.63, 3.8) is 0 Å². The van der Waals surface area contributed by atoms with Crippen LogP contribution in [0.3, 0.4) is 0 Å². The topological polar surface area (TPSA) is 66.5 Å². The van der Waals surface area contributed by atoms with Crippen LogP contribution in [-0.2, 0) is 14.8 Å². The van der Waals surface area contributed by atoms with E-state index in [4.69, 9.17) is 11.6 Å². The summed E-state index contributed by atoms with van der Waals surface area (Å²) in [5.74, 6) is 0.473. The summed E-state index contributed by atoms with van der Waals surface area (Å²) in [5.41, 5.74) is 0. The molecule has 2 heterocycles. The van der Waals surface area contributed by atoms with Gasteiger partial charge in [-0.1, -0.05) is 0 Å². The average Bonchev–Trinajstić information content (AvgIpc) is 2.71. The highest BCUT2D eigenvalue weighted by Crippen LogP contribution is 2.29. The fourth-order valence-corrected chi connectivity index (χ4v) is 4.79. The third kappa shape index (κ3) is 2.81. The molecule has 0 aromatic rings. The molecule has 7 heteroatoms. The molecule has 2 atom stereocenters. The molecule has 0 aromatic carbocycles. The van der Waals surface area contributed by atoms with Crippen LogP contribution in [-0.4, -0.2) is 49.4 Å². The van der Waals surface area contributed by atoms with Crippen molar-refractivity contribution in [2.45, 2.75) is 31.7 Å². The summed E-state index contributed by atoms with van der Waals surface area (Å²) in [6, 6.07) is -0.174. The Labute approximate surface area is 113 Å². The van der Waals surface area contributed by atoms with Gasteiger partial charge in [0.15, 0.2) is 0 Å². The quantitative estimate of drug-likeness (QED) is 0.595. The second-order valence-corrected chi connectivity index (χ2v) is 7.30. The summed E-state index contributed by atoms with van der Waals surface area (Å²) in [6.45, 7) is 0.998. The molecule has 18 heavy (non-hydrogen) atoms. The molecule has 0 bridgehead atoms. The van der Waals surface area contributed by atoms with Crippen LogP contribution in [0.5, 0.6) is 0 Å². The highest BCUT2D eigenvalue weighted by Gasteiger charge is 2.44. The zero-order valence-corrected chi connectivity index (χ0v) is 11.8. The number of hydrogen-bond donors (Lipinski definition) is 1. The molecule has 0 aromatic heterocycles. The van der Waals surface area contributed by atoms with Crippen molar-refractivity contribution in [3.8, 4) is 0 Å². The van der Waals surface area contributed by atoms with Gasteiger partial charge in [0.2, 0.25) is 15.9 Å². The molecule has 2 rings (SSSR count). The number of sulfonamides is 1. The van der Waals surface area contributed by atoms with Gasteiger partial charge in [-0.05, 0) is 25.7 Å². The van der Waals surface area contributed by atoms with Crippen molar-refractivity contribution in [2.24, 2.45) is 5.92 Å². The summed E-state index contributed by atoms with van der Waals surface area (Å²) in [4.78, 5) is 11.6. The van der Waals surface area contributed by atoms with E-state index in [1.54, 1.807) is 0 Å². The molecule has 0 aliphatic carbocycles. The van der Waals surface area contributed by atoms with Crippen LogP contribution in [0, 0.1) is 5.92 Å². The lowest BCUT2D eigenvalue weighted by Crippen LogP contribution is -2.49. The summed E-state index contributed by atoms with van der Waals surface area (Å²) in [7, 11) is -3.25. The minimum Gasteiger partial charge on any atom is -0.354 e. The van der Waals surface area contributed by atoms with Crippen LogP contribution in [0.1, 0.15) is 25.7 Å². The molecular weight excluding hydrogens is 276 g/mol. The van der Waals surface area contributed by atoms with E-state index < -0.39 is 10.0 Å². The maximum Gasteiger partial charge on any atom is 0.224 e. The first-order chi connectivity index (χ1) is 8.56. The average molecular weight is 295 g/mol. The number of fused-ring (bicyclic) bond motifs is 1. The van der Waals surface area contributed by atoms with Crippen LogP contribution in [0.2, 0.25) is 0 Å². The van der Waals surface area contributed by atoms with E-state index >= 15 is 0 Å². The third-order valence-corrected chi connectivity index (χ3v) is 5.93. The molecule has 2 saturated heterocycles. The Bertz CT molecular complexity index is 413. The van der Waals surface area contributed by atoms with Crippen molar-refractivity contribution in [1.29, 1.82) is 0 Å². The summed E-state index contributed by atoms with van der Waals surface area (Å²) in [6.07, 6.45) is 2.86. The Kier molecular flexibility index (Phi) is 4.50. The first-order valence-electron chi connectivity index (χ1n) is 6.39. The van der Waals surface area contributed by atoms with Crippen LogP contribution >= 0.6 is 11.6 Å². The maximum atomic E-state index is 12.3. The van der Waals surface area contributed by atoms with Crippen molar-refractivity contribution in [3.05, 3.63) is 0 Å². The van der Waals surface area contributed by atoms with E-state index in [1.807, 2.05) is 0 Å². The number of nitrogens with zero attached hydrogens (tertiary/aromatic N) is 1. The van der Waals surface area contributed by atoms with Gasteiger partial charge in [0.1, 0.15) is 0 Å². The summed E-state index contributed by atoms with van der Waals surface area (Å²) in [5, 5.41) is 2.76. The highest BCUT2D eigenvalue weighted by molar-refractivity contribution is 7.89. The monoisotopic (exact) mass is 294 g/mol. The molecule has 1 N–H and O–H groups in total. The van der Waals surface area contributed by atoms with Crippen LogP contribution in [0.4, 0.5) is 0 Å². The van der Waals surface area contributed by atoms with Gasteiger partial charge in [-0.3, -0.25) is 4.79 Å². The van der Waals surface area contributed by atoms with E-state index in [0.29, 0.717) is 31.8 Å². The predicted octanol–water partition coefficient (Wildman–Crippen LogP) is 0.546. The number of unbranched alkanes of at least 4 members (excludes halogenated alkanes) is 1. The van der Waals surface area contributed by atoms with Crippen LogP contribution in [0.25, 0.3) is 0 Å². The standard InChI is InChI=1S/C11H19ClN2O3S/c12-5-1-2-7-18(16,17)14-6-3-4-9-10(14)8-13-11(9)15/h9-10H,1-8H2,(H,13,15). The largest absolute Gasteiger partial charge is 0.354 e. The molecule has 5 nitrogen and oxygen atoms in total. The number of nitrogens with one attached hydrogen (secondary N) is 1. The summed E-state index contributed by atoms with van der Waals surface area (Å²) < 4.78 is 26.0. The van der Waals surface area contributed by atoms with E-state index in [0.717, 1.165) is 12.8 Å². The Morgan fingerprint density at radius 2 is 2.17 bits per heavy atom. The van der Waals surface area contributed by atoms with Gasteiger partial charge >= 0.3 is 0 Å². The molecule has 2 aliphatic rings. The third-order valence-electron chi connectivity index (χ3n) is 3.69. The van der Waals surface area contributed by atoms with E-state index in [9.17, 15) is 13.2 Å². The molecule has 2 unspecified atom stereocenters. The number of rotatable bonds is 5. The number of amides is 1. The first kappa shape index (κ1) is 14.1. The van der Waals surface area contributed by atoms with Gasteiger partial charge in [0.05, 0.1) is 17.7 Å². The van der Waals surface area contributed by atoms with E-state index in [-0.39, 0.29) is 23.6 Å². The maximum absolute atomic E-state index is 12.3.